The van der Waals surface area contributed by atoms with E-state index in [1.807, 2.05) is 18.2 Å². The van der Waals surface area contributed by atoms with Gasteiger partial charge < -0.3 is 9.80 Å². The van der Waals surface area contributed by atoms with E-state index in [0.29, 0.717) is 17.2 Å². The van der Waals surface area contributed by atoms with E-state index in [1.165, 1.54) is 12.1 Å². The minimum atomic E-state index is -3.16. The number of sulfone groups is 1. The van der Waals surface area contributed by atoms with Crippen LogP contribution in [0.4, 0.5) is 10.1 Å². The van der Waals surface area contributed by atoms with Crippen molar-refractivity contribution in [1.29, 1.82) is 5.26 Å². The topological polar surface area (TPSA) is 81.5 Å². The van der Waals surface area contributed by atoms with Crippen molar-refractivity contribution in [1.82, 2.24) is 4.90 Å². The number of hydrogen-bond donors (Lipinski definition) is 0. The Morgan fingerprint density at radius 1 is 1.05 bits per heavy atom. The molecule has 0 N–H and O–H groups in total. The third-order valence-corrected chi connectivity index (χ3v) is 12.9. The lowest BCUT2D eigenvalue weighted by Crippen LogP contribution is -2.54. The molecule has 0 spiro atoms. The second-order valence-corrected chi connectivity index (χ2v) is 15.5. The SMILES string of the molecule is C=CC(=O)C[C@H]1CCC[C@@H]1[C@](C#N)(c1cccc(F)c1)C1CCN(CC2CN(c3ccc(S(=O)(=O)C4CC4)cc3)C2)CC1. The van der Waals surface area contributed by atoms with Gasteiger partial charge in [0.1, 0.15) is 5.82 Å². The van der Waals surface area contributed by atoms with E-state index >= 15 is 0 Å². The number of rotatable bonds is 11. The Balaban J connectivity index is 1.09. The first-order valence-electron chi connectivity index (χ1n) is 15.9. The Labute approximate surface area is 255 Å². The largest absolute Gasteiger partial charge is 0.371 e. The molecule has 2 heterocycles. The van der Waals surface area contributed by atoms with Crippen molar-refractivity contribution in [2.45, 2.75) is 66.9 Å². The van der Waals surface area contributed by atoms with E-state index in [9.17, 15) is 22.9 Å². The molecule has 2 saturated carbocycles. The lowest BCUT2D eigenvalue weighted by molar-refractivity contribution is -0.115. The molecule has 2 aliphatic carbocycles. The molecule has 43 heavy (non-hydrogen) atoms. The first-order chi connectivity index (χ1) is 20.7. The second kappa shape index (κ2) is 12.2. The maximum absolute atomic E-state index is 14.5. The molecule has 8 heteroatoms. The normalized spacial score (nSPS) is 25.1. The predicted octanol–water partition coefficient (Wildman–Crippen LogP) is 5.93. The van der Waals surface area contributed by atoms with Crippen molar-refractivity contribution < 1.29 is 17.6 Å². The Morgan fingerprint density at radius 3 is 2.40 bits per heavy atom. The van der Waals surface area contributed by atoms with Crippen LogP contribution in [0.3, 0.4) is 0 Å². The molecule has 6 nitrogen and oxygen atoms in total. The summed E-state index contributed by atoms with van der Waals surface area (Å²) in [7, 11) is -3.16. The van der Waals surface area contributed by atoms with Gasteiger partial charge in [-0.15, -0.1) is 0 Å². The number of nitriles is 1. The lowest BCUT2D eigenvalue weighted by Gasteiger charge is -2.48. The van der Waals surface area contributed by atoms with Crippen LogP contribution in [0.25, 0.3) is 0 Å². The molecule has 0 unspecified atom stereocenters. The highest BCUT2D eigenvalue weighted by atomic mass is 32.2. The zero-order valence-electron chi connectivity index (χ0n) is 24.8. The number of carbonyl (C=O) groups is 1. The molecule has 0 amide bonds. The van der Waals surface area contributed by atoms with Gasteiger partial charge in [-0.3, -0.25) is 4.79 Å². The van der Waals surface area contributed by atoms with Crippen LogP contribution in [0.5, 0.6) is 0 Å². The molecule has 228 valence electrons. The minimum absolute atomic E-state index is 0.0191. The quantitative estimate of drug-likeness (QED) is 0.296. The van der Waals surface area contributed by atoms with Crippen molar-refractivity contribution in [2.75, 3.05) is 37.6 Å². The van der Waals surface area contributed by atoms with Gasteiger partial charge in [-0.05, 0) is 117 Å². The fraction of sp³-hybridized carbons (Fsp3) is 0.543. The van der Waals surface area contributed by atoms with E-state index in [1.54, 1.807) is 24.3 Å². The number of hydrogen-bond acceptors (Lipinski definition) is 6. The molecule has 4 aliphatic rings. The van der Waals surface area contributed by atoms with E-state index in [-0.39, 0.29) is 34.6 Å². The standard InChI is InChI=1S/C35H42FN3O3S/c1-2-31(40)19-26-5-3-8-34(26)35(24-37,28-6-4-7-29(36)20-28)27-15-17-38(18-16-27)21-25-22-39(23-25)30-9-11-32(12-10-30)43(41,42)33-13-14-33/h2,4,6-7,9-12,20,25-27,33-34H,1,3,5,8,13-19,21-23H2/t26-,34+,35+/m1/s1. The zero-order chi connectivity index (χ0) is 30.2. The average Bonchev–Trinajstić information content (AvgIpc) is 3.77. The summed E-state index contributed by atoms with van der Waals surface area (Å²) in [6.07, 6.45) is 7.86. The molecule has 6 rings (SSSR count). The Morgan fingerprint density at radius 2 is 1.77 bits per heavy atom. The van der Waals surface area contributed by atoms with E-state index in [0.717, 1.165) is 88.9 Å². The Kier molecular flexibility index (Phi) is 8.50. The van der Waals surface area contributed by atoms with Crippen molar-refractivity contribution in [3.63, 3.8) is 0 Å². The lowest BCUT2D eigenvalue weighted by atomic mass is 9.57. The predicted molar refractivity (Wildman–Crippen MR) is 166 cm³/mol. The molecule has 0 radical (unpaired) electrons. The van der Waals surface area contributed by atoms with Crippen molar-refractivity contribution in [3.8, 4) is 6.07 Å². The van der Waals surface area contributed by atoms with Crippen molar-refractivity contribution >= 4 is 21.3 Å². The van der Waals surface area contributed by atoms with Gasteiger partial charge in [0.25, 0.3) is 0 Å². The Bertz CT molecular complexity index is 1480. The molecular formula is C35H42FN3O3S. The molecule has 0 aromatic heterocycles. The van der Waals surface area contributed by atoms with Gasteiger partial charge in [0.15, 0.2) is 15.6 Å². The van der Waals surface area contributed by atoms with Crippen LogP contribution in [-0.2, 0) is 20.0 Å². The number of anilines is 1. The van der Waals surface area contributed by atoms with Gasteiger partial charge in [-0.1, -0.05) is 25.1 Å². The third-order valence-electron chi connectivity index (χ3n) is 10.6. The number of piperidine rings is 1. The highest BCUT2D eigenvalue weighted by Gasteiger charge is 2.52. The summed E-state index contributed by atoms with van der Waals surface area (Å²) in [5.74, 6) is 0.468. The zero-order valence-corrected chi connectivity index (χ0v) is 25.7. The van der Waals surface area contributed by atoms with Crippen molar-refractivity contribution in [3.05, 3.63) is 72.6 Å². The number of likely N-dealkylation sites (tertiary alicyclic amines) is 1. The molecular weight excluding hydrogens is 561 g/mol. The maximum Gasteiger partial charge on any atom is 0.181 e. The summed E-state index contributed by atoms with van der Waals surface area (Å²) in [6.45, 7) is 8.35. The van der Waals surface area contributed by atoms with Gasteiger partial charge in [-0.25, -0.2) is 12.8 Å². The average molecular weight is 604 g/mol. The molecule has 0 bridgehead atoms. The first-order valence-corrected chi connectivity index (χ1v) is 17.4. The summed E-state index contributed by atoms with van der Waals surface area (Å²) >= 11 is 0. The van der Waals surface area contributed by atoms with Gasteiger partial charge in [0.2, 0.25) is 0 Å². The van der Waals surface area contributed by atoms with Crippen LogP contribution in [0.15, 0.2) is 66.1 Å². The van der Waals surface area contributed by atoms with Crippen LogP contribution in [0, 0.1) is 40.8 Å². The molecule has 2 saturated heterocycles. The van der Waals surface area contributed by atoms with Gasteiger partial charge in [-0.2, -0.15) is 5.26 Å². The molecule has 2 aromatic carbocycles. The first kappa shape index (κ1) is 30.0. The number of nitrogens with zero attached hydrogens (tertiary/aromatic N) is 3. The Hall–Kier alpha value is -3.02. The van der Waals surface area contributed by atoms with Gasteiger partial charge >= 0.3 is 0 Å². The fourth-order valence-electron chi connectivity index (χ4n) is 8.21. The molecule has 3 atom stereocenters. The highest BCUT2D eigenvalue weighted by Crippen LogP contribution is 2.53. The van der Waals surface area contributed by atoms with Gasteiger partial charge in [0.05, 0.1) is 21.6 Å². The maximum atomic E-state index is 14.5. The molecule has 4 fully saturated rings. The van der Waals surface area contributed by atoms with Crippen molar-refractivity contribution in [2.24, 2.45) is 23.7 Å². The van der Waals surface area contributed by atoms with Gasteiger partial charge in [0, 0.05) is 37.7 Å². The van der Waals surface area contributed by atoms with E-state index < -0.39 is 15.3 Å². The molecule has 2 aliphatic heterocycles. The summed E-state index contributed by atoms with van der Waals surface area (Å²) in [5.41, 5.74) is 1.02. The van der Waals surface area contributed by atoms with Crippen LogP contribution in [0.2, 0.25) is 0 Å². The fourth-order valence-corrected chi connectivity index (χ4v) is 9.87. The number of carbonyl (C=O) groups excluding carboxylic acids is 1. The van der Waals surface area contributed by atoms with Crippen LogP contribution < -0.4 is 4.90 Å². The summed E-state index contributed by atoms with van der Waals surface area (Å²) in [4.78, 5) is 17.6. The number of ketones is 1. The highest BCUT2D eigenvalue weighted by molar-refractivity contribution is 7.92. The summed E-state index contributed by atoms with van der Waals surface area (Å²) in [5, 5.41) is 10.7. The minimum Gasteiger partial charge on any atom is -0.371 e. The summed E-state index contributed by atoms with van der Waals surface area (Å²) in [6, 6.07) is 16.7. The number of allylic oxidation sites excluding steroid dienone is 1. The number of halogens is 1. The number of benzene rings is 2. The van der Waals surface area contributed by atoms with E-state index in [2.05, 4.69) is 22.4 Å². The second-order valence-electron chi connectivity index (χ2n) is 13.2. The summed E-state index contributed by atoms with van der Waals surface area (Å²) < 4.78 is 39.6. The van der Waals surface area contributed by atoms with E-state index in [4.69, 9.17) is 0 Å². The van der Waals surface area contributed by atoms with Crippen LogP contribution >= 0.6 is 0 Å². The monoisotopic (exact) mass is 603 g/mol. The van der Waals surface area contributed by atoms with Crippen LogP contribution in [0.1, 0.15) is 56.9 Å². The third kappa shape index (κ3) is 5.91. The molecule has 2 aromatic rings. The smallest absolute Gasteiger partial charge is 0.181 e. The van der Waals surface area contributed by atoms with Crippen LogP contribution in [-0.4, -0.2) is 57.1 Å².